The molecule has 2 saturated heterocycles. The van der Waals surface area contributed by atoms with Crippen molar-refractivity contribution in [2.45, 2.75) is 31.8 Å². The van der Waals surface area contributed by atoms with Gasteiger partial charge in [-0.1, -0.05) is 12.1 Å². The van der Waals surface area contributed by atoms with E-state index < -0.39 is 11.6 Å². The molecule has 0 bridgehead atoms. The Labute approximate surface area is 139 Å². The number of aromatic nitrogens is 1. The molecule has 0 saturated carbocycles. The van der Waals surface area contributed by atoms with Gasteiger partial charge in [0, 0.05) is 12.5 Å². The van der Waals surface area contributed by atoms with Crippen LogP contribution in [0, 0.1) is 5.92 Å². The highest BCUT2D eigenvalue weighted by molar-refractivity contribution is 6.07. The molecule has 0 aliphatic carbocycles. The second kappa shape index (κ2) is 5.59. The smallest absolute Gasteiger partial charge is 0.322 e. The van der Waals surface area contributed by atoms with Gasteiger partial charge in [-0.3, -0.25) is 15.0 Å². The number of piperidine rings is 1. The number of hydrogen-bond donors (Lipinski definition) is 2. The number of nitrogens with one attached hydrogen (secondary N) is 2. The highest BCUT2D eigenvalue weighted by Crippen LogP contribution is 2.30. The Morgan fingerprint density at radius 3 is 2.96 bits per heavy atom. The van der Waals surface area contributed by atoms with Crippen molar-refractivity contribution in [2.75, 3.05) is 13.1 Å². The molecule has 2 fully saturated rings. The molecule has 0 spiro atoms. The molecule has 24 heavy (non-hydrogen) atoms. The zero-order valence-electron chi connectivity index (χ0n) is 13.5. The van der Waals surface area contributed by atoms with Crippen molar-refractivity contribution >= 4 is 23.0 Å². The Morgan fingerprint density at radius 1 is 1.38 bits per heavy atom. The summed E-state index contributed by atoms with van der Waals surface area (Å²) in [5.74, 6) is 0.519. The first-order chi connectivity index (χ1) is 11.5. The first-order valence-electron chi connectivity index (χ1n) is 8.25. The molecule has 3 amide bonds. The molecule has 1 aromatic carbocycles. The van der Waals surface area contributed by atoms with E-state index in [1.165, 1.54) is 0 Å². The van der Waals surface area contributed by atoms with Crippen molar-refractivity contribution in [1.29, 1.82) is 0 Å². The van der Waals surface area contributed by atoms with Crippen LogP contribution >= 0.6 is 0 Å². The predicted octanol–water partition coefficient (Wildman–Crippen LogP) is 1.64. The summed E-state index contributed by atoms with van der Waals surface area (Å²) in [4.78, 5) is 30.4. The fourth-order valence-corrected chi connectivity index (χ4v) is 3.69. The monoisotopic (exact) mass is 328 g/mol. The van der Waals surface area contributed by atoms with Crippen LogP contribution in [-0.2, 0) is 11.3 Å². The minimum Gasteiger partial charge on any atom is -0.439 e. The topological polar surface area (TPSA) is 87.5 Å². The summed E-state index contributed by atoms with van der Waals surface area (Å²) in [6.07, 6.45) is 1.89. The van der Waals surface area contributed by atoms with E-state index in [0.29, 0.717) is 12.4 Å². The number of carbonyl (C=O) groups excluding carboxylic acids is 2. The molecule has 2 aliphatic rings. The van der Waals surface area contributed by atoms with Gasteiger partial charge in [0.25, 0.3) is 5.91 Å². The van der Waals surface area contributed by atoms with Gasteiger partial charge in [-0.05, 0) is 38.4 Å². The van der Waals surface area contributed by atoms with Gasteiger partial charge in [-0.2, -0.15) is 0 Å². The van der Waals surface area contributed by atoms with Crippen molar-refractivity contribution < 1.29 is 14.0 Å². The quantitative estimate of drug-likeness (QED) is 0.836. The van der Waals surface area contributed by atoms with E-state index in [0.717, 1.165) is 37.0 Å². The van der Waals surface area contributed by atoms with E-state index in [-0.39, 0.29) is 11.8 Å². The molecule has 4 rings (SSSR count). The zero-order chi connectivity index (χ0) is 16.7. The highest BCUT2D eigenvalue weighted by atomic mass is 16.3. The number of oxazole rings is 1. The number of likely N-dealkylation sites (tertiary alicyclic amines) is 1. The third kappa shape index (κ3) is 2.54. The summed E-state index contributed by atoms with van der Waals surface area (Å²) in [6, 6.07) is 7.30. The fraction of sp³-hybridized carbons (Fsp3) is 0.471. The molecule has 2 atom stereocenters. The highest BCUT2D eigenvalue weighted by Gasteiger charge is 2.48. The van der Waals surface area contributed by atoms with E-state index in [2.05, 4.69) is 20.5 Å². The van der Waals surface area contributed by atoms with Gasteiger partial charge in [0.15, 0.2) is 5.58 Å². The van der Waals surface area contributed by atoms with Crippen LogP contribution in [0.5, 0.6) is 0 Å². The lowest BCUT2D eigenvalue weighted by molar-refractivity contribution is -0.126. The van der Waals surface area contributed by atoms with Crippen LogP contribution in [0.4, 0.5) is 4.79 Å². The van der Waals surface area contributed by atoms with Gasteiger partial charge in [0.2, 0.25) is 5.89 Å². The van der Waals surface area contributed by atoms with E-state index in [1.54, 1.807) is 6.92 Å². The Kier molecular flexibility index (Phi) is 3.53. The number of para-hydroxylation sites is 2. The number of imide groups is 1. The minimum atomic E-state index is -0.836. The van der Waals surface area contributed by atoms with Crippen LogP contribution in [0.25, 0.3) is 11.1 Å². The number of hydrogen-bond acceptors (Lipinski definition) is 5. The Hall–Kier alpha value is -2.41. The Balaban J connectivity index is 1.49. The summed E-state index contributed by atoms with van der Waals surface area (Å²) in [7, 11) is 0. The van der Waals surface area contributed by atoms with Crippen LogP contribution < -0.4 is 10.6 Å². The molecule has 0 radical (unpaired) electrons. The molecule has 7 nitrogen and oxygen atoms in total. The molecule has 2 N–H and O–H groups in total. The van der Waals surface area contributed by atoms with Crippen LogP contribution in [0.2, 0.25) is 0 Å². The number of amides is 3. The molecule has 1 aromatic heterocycles. The average Bonchev–Trinajstić information content (AvgIpc) is 3.08. The van der Waals surface area contributed by atoms with E-state index >= 15 is 0 Å². The van der Waals surface area contributed by atoms with Gasteiger partial charge < -0.3 is 9.73 Å². The van der Waals surface area contributed by atoms with E-state index in [4.69, 9.17) is 4.42 Å². The molecule has 0 unspecified atom stereocenters. The first kappa shape index (κ1) is 15.1. The van der Waals surface area contributed by atoms with Gasteiger partial charge in [-0.25, -0.2) is 9.78 Å². The number of rotatable bonds is 3. The van der Waals surface area contributed by atoms with Crippen LogP contribution in [0.3, 0.4) is 0 Å². The minimum absolute atomic E-state index is 0.0714. The van der Waals surface area contributed by atoms with Gasteiger partial charge >= 0.3 is 6.03 Å². The first-order valence-corrected chi connectivity index (χ1v) is 8.25. The number of carbonyl (C=O) groups is 2. The van der Waals surface area contributed by atoms with E-state index in [1.807, 2.05) is 24.3 Å². The molecule has 2 aromatic rings. The summed E-state index contributed by atoms with van der Waals surface area (Å²) in [5.41, 5.74) is 0.808. The number of urea groups is 1. The molecule has 126 valence electrons. The second-order valence-corrected chi connectivity index (χ2v) is 6.76. The summed E-state index contributed by atoms with van der Waals surface area (Å²) >= 11 is 0. The second-order valence-electron chi connectivity index (χ2n) is 6.76. The van der Waals surface area contributed by atoms with Crippen LogP contribution in [0.1, 0.15) is 25.7 Å². The molecular weight excluding hydrogens is 308 g/mol. The summed E-state index contributed by atoms with van der Waals surface area (Å²) in [6.45, 7) is 4.07. The maximum Gasteiger partial charge on any atom is 0.322 e. The molecule has 2 aliphatic heterocycles. The summed E-state index contributed by atoms with van der Waals surface area (Å²) < 4.78 is 5.79. The average molecular weight is 328 g/mol. The van der Waals surface area contributed by atoms with Gasteiger partial charge in [-0.15, -0.1) is 0 Å². The largest absolute Gasteiger partial charge is 0.439 e. The predicted molar refractivity (Wildman–Crippen MR) is 87.1 cm³/mol. The fourth-order valence-electron chi connectivity index (χ4n) is 3.69. The maximum absolute atomic E-state index is 12.1. The number of benzene rings is 1. The molecular formula is C17H20N4O3. The van der Waals surface area contributed by atoms with Crippen molar-refractivity contribution in [3.63, 3.8) is 0 Å². The summed E-state index contributed by atoms with van der Waals surface area (Å²) in [5, 5.41) is 5.14. The Morgan fingerprint density at radius 2 is 2.21 bits per heavy atom. The third-order valence-electron chi connectivity index (χ3n) is 5.09. The zero-order valence-corrected chi connectivity index (χ0v) is 13.5. The Bertz CT molecular complexity index is 769. The van der Waals surface area contributed by atoms with Crippen molar-refractivity contribution in [3.05, 3.63) is 30.2 Å². The van der Waals surface area contributed by atoms with Gasteiger partial charge in [0.1, 0.15) is 11.1 Å². The number of nitrogens with zero attached hydrogens (tertiary/aromatic N) is 2. The lowest BCUT2D eigenvalue weighted by Gasteiger charge is -2.39. The van der Waals surface area contributed by atoms with Crippen molar-refractivity contribution in [3.8, 4) is 0 Å². The van der Waals surface area contributed by atoms with Crippen LogP contribution in [-0.4, -0.2) is 40.5 Å². The standard InChI is InChI=1S/C17H20N4O3/c1-17(15(22)19-16(23)20-17)11-5-4-8-21(9-11)10-14-18-12-6-2-3-7-13(12)24-14/h2-3,6-7,11H,4-5,8-10H2,1H3,(H2,19,20,22,23)/t11-,17+/m1/s1. The lowest BCUT2D eigenvalue weighted by atomic mass is 9.80. The normalized spacial score (nSPS) is 28.1. The molecule has 3 heterocycles. The SMILES string of the molecule is C[C@@]1([C@@H]2CCCN(Cc3nc4ccccc4o3)C2)NC(=O)NC1=O. The van der Waals surface area contributed by atoms with Gasteiger partial charge in [0.05, 0.1) is 6.54 Å². The molecule has 7 heteroatoms. The van der Waals surface area contributed by atoms with E-state index in [9.17, 15) is 9.59 Å². The lowest BCUT2D eigenvalue weighted by Crippen LogP contribution is -2.55. The van der Waals surface area contributed by atoms with Crippen molar-refractivity contribution in [1.82, 2.24) is 20.5 Å². The maximum atomic E-state index is 12.1. The van der Waals surface area contributed by atoms with Crippen LogP contribution in [0.15, 0.2) is 28.7 Å². The number of fused-ring (bicyclic) bond motifs is 1. The van der Waals surface area contributed by atoms with Crippen molar-refractivity contribution in [2.24, 2.45) is 5.92 Å². The third-order valence-corrected chi connectivity index (χ3v) is 5.09.